The maximum atomic E-state index is 10.5. The first kappa shape index (κ1) is 42.4. The van der Waals surface area contributed by atoms with Crippen molar-refractivity contribution in [3.63, 3.8) is 0 Å². The molecule has 11 aromatic carbocycles. The lowest BCUT2D eigenvalue weighted by Crippen LogP contribution is -2.11. The molecule has 1 atom stereocenters. The fourth-order valence-corrected chi connectivity index (χ4v) is 17.2. The van der Waals surface area contributed by atoms with Crippen molar-refractivity contribution in [3.05, 3.63) is 237 Å². The van der Waals surface area contributed by atoms with Crippen LogP contribution in [0.2, 0.25) is 0 Å². The highest BCUT2D eigenvalue weighted by atomic mass is 31.3. The van der Waals surface area contributed by atoms with Crippen molar-refractivity contribution in [1.82, 2.24) is 0 Å². The topological polar surface area (TPSA) is 113 Å². The number of nitrogens with zero attached hydrogens (tertiary/aromatic N) is 3. The van der Waals surface area contributed by atoms with Gasteiger partial charge in [-0.2, -0.15) is 0 Å². The summed E-state index contributed by atoms with van der Waals surface area (Å²) in [5.74, 6) is 2.40. The van der Waals surface area contributed by atoms with Gasteiger partial charge in [-0.25, -0.2) is 0 Å². The standard InChI is InChI=1S/C56H40N3O7P3/c60-50-26-33-51(34-27-50)61-67(62-52-28-21-40-11-1-6-16-45(40)35-52)57-68(63-53-29-22-41-12-2-7-17-46(41)36-53,64-54-30-23-42-13-3-8-18-47(42)37-54)59-69(58-67,65-55-31-24-43-14-4-9-19-48(43)38-55)66-56-32-25-44-15-5-10-20-49(44)39-56/h1-39,60H. The van der Waals surface area contributed by atoms with Crippen LogP contribution in [0.4, 0.5) is 0 Å². The van der Waals surface area contributed by atoms with Crippen LogP contribution in [0.1, 0.15) is 0 Å². The zero-order chi connectivity index (χ0) is 46.3. The third kappa shape index (κ3) is 8.97. The first-order chi connectivity index (χ1) is 33.8. The minimum absolute atomic E-state index is 0.0416. The van der Waals surface area contributed by atoms with E-state index in [4.69, 9.17) is 40.7 Å². The number of hydrogen-bond acceptors (Lipinski definition) is 10. The van der Waals surface area contributed by atoms with E-state index in [0.29, 0.717) is 34.5 Å². The third-order valence-electron chi connectivity index (χ3n) is 11.5. The van der Waals surface area contributed by atoms with Crippen LogP contribution in [0.5, 0.6) is 40.2 Å². The third-order valence-corrected chi connectivity index (χ3v) is 19.6. The van der Waals surface area contributed by atoms with Crippen molar-refractivity contribution in [2.24, 2.45) is 13.5 Å². The van der Waals surface area contributed by atoms with E-state index < -0.39 is 23.0 Å². The van der Waals surface area contributed by atoms with E-state index in [0.717, 1.165) is 53.9 Å². The second kappa shape index (κ2) is 17.6. The average Bonchev–Trinajstić information content (AvgIpc) is 3.36. The van der Waals surface area contributed by atoms with Crippen LogP contribution in [-0.4, -0.2) is 5.11 Å². The summed E-state index contributed by atoms with van der Waals surface area (Å²) in [6, 6.07) is 75.2. The van der Waals surface area contributed by atoms with Crippen LogP contribution in [0.3, 0.4) is 0 Å². The van der Waals surface area contributed by atoms with Crippen LogP contribution in [-0.2, 0) is 0 Å². The number of benzene rings is 11. The lowest BCUT2D eigenvalue weighted by molar-refractivity contribution is 0.442. The molecule has 0 saturated heterocycles. The highest BCUT2D eigenvalue weighted by molar-refractivity contribution is 7.79. The average molecular weight is 960 g/mol. The Balaban J connectivity index is 1.17. The summed E-state index contributed by atoms with van der Waals surface area (Å²) in [6.45, 7) is 0. The summed E-state index contributed by atoms with van der Waals surface area (Å²) >= 11 is 0. The van der Waals surface area contributed by atoms with Crippen molar-refractivity contribution >= 4 is 76.8 Å². The Kier molecular flexibility index (Phi) is 10.8. The van der Waals surface area contributed by atoms with Gasteiger partial charge in [0.05, 0.1) is 0 Å². The molecule has 1 unspecified atom stereocenters. The molecular formula is C56H40N3O7P3. The van der Waals surface area contributed by atoms with Gasteiger partial charge in [-0.3, -0.25) is 0 Å². The first-order valence-electron chi connectivity index (χ1n) is 22.1. The molecule has 0 fully saturated rings. The van der Waals surface area contributed by atoms with Crippen molar-refractivity contribution < 1.29 is 32.2 Å². The number of hydrogen-bond donors (Lipinski definition) is 1. The Morgan fingerprint density at radius 3 is 0.681 bits per heavy atom. The minimum atomic E-state index is -4.24. The molecule has 13 heteroatoms. The Labute approximate surface area is 397 Å². The van der Waals surface area contributed by atoms with Gasteiger partial charge in [0, 0.05) is 0 Å². The van der Waals surface area contributed by atoms with Gasteiger partial charge in [-0.05, 0) is 139 Å². The lowest BCUT2D eigenvalue weighted by Gasteiger charge is -2.33. The fourth-order valence-electron chi connectivity index (χ4n) is 8.21. The largest absolute Gasteiger partial charge is 0.508 e. The van der Waals surface area contributed by atoms with Gasteiger partial charge in [0.25, 0.3) is 0 Å². The lowest BCUT2D eigenvalue weighted by atomic mass is 10.1. The molecule has 69 heavy (non-hydrogen) atoms. The van der Waals surface area contributed by atoms with Gasteiger partial charge in [0.15, 0.2) is 0 Å². The van der Waals surface area contributed by atoms with Gasteiger partial charge in [0.1, 0.15) is 40.2 Å². The quantitative estimate of drug-likeness (QED) is 0.121. The maximum absolute atomic E-state index is 10.5. The van der Waals surface area contributed by atoms with E-state index in [1.165, 1.54) is 12.1 Å². The molecule has 336 valence electrons. The summed E-state index contributed by atoms with van der Waals surface area (Å²) in [4.78, 5) is 0. The van der Waals surface area contributed by atoms with Gasteiger partial charge in [0.2, 0.25) is 0 Å². The van der Waals surface area contributed by atoms with Crippen molar-refractivity contribution in [2.75, 3.05) is 0 Å². The zero-order valence-corrected chi connectivity index (χ0v) is 39.3. The second-order valence-corrected chi connectivity index (χ2v) is 22.5. The van der Waals surface area contributed by atoms with Crippen molar-refractivity contribution in [2.45, 2.75) is 0 Å². The van der Waals surface area contributed by atoms with E-state index in [-0.39, 0.29) is 5.75 Å². The monoisotopic (exact) mass is 959 g/mol. The summed E-state index contributed by atoms with van der Waals surface area (Å²) in [5.41, 5.74) is 0. The molecule has 1 aliphatic heterocycles. The molecule has 0 saturated carbocycles. The maximum Gasteiger partial charge on any atom is 0.460 e. The zero-order valence-electron chi connectivity index (χ0n) is 36.6. The Hall–Kier alpha value is -7.99. The molecule has 12 rings (SSSR count). The summed E-state index contributed by atoms with van der Waals surface area (Å²) in [6.07, 6.45) is 0. The molecule has 10 nitrogen and oxygen atoms in total. The first-order valence-corrected chi connectivity index (χ1v) is 26.7. The molecular weight excluding hydrogens is 920 g/mol. The molecule has 0 radical (unpaired) electrons. The number of phenolic OH excluding ortho intramolecular Hbond substituents is 1. The minimum Gasteiger partial charge on any atom is -0.508 e. The van der Waals surface area contributed by atoms with Crippen LogP contribution < -0.4 is 27.1 Å². The van der Waals surface area contributed by atoms with Gasteiger partial charge < -0.3 is 32.2 Å². The number of rotatable bonds is 12. The van der Waals surface area contributed by atoms with E-state index in [1.54, 1.807) is 12.1 Å². The number of aromatic hydroxyl groups is 1. The summed E-state index contributed by atoms with van der Waals surface area (Å²) < 4.78 is 59.7. The molecule has 0 spiro atoms. The Morgan fingerprint density at radius 1 is 0.232 bits per heavy atom. The molecule has 0 aromatic heterocycles. The van der Waals surface area contributed by atoms with Crippen molar-refractivity contribution in [3.8, 4) is 40.2 Å². The fraction of sp³-hybridized carbons (Fsp3) is 0. The summed E-state index contributed by atoms with van der Waals surface area (Å²) in [5, 5.41) is 20.2. The van der Waals surface area contributed by atoms with Crippen LogP contribution in [0.15, 0.2) is 250 Å². The van der Waals surface area contributed by atoms with E-state index in [9.17, 15) is 5.11 Å². The number of phenols is 1. The molecule has 1 N–H and O–H groups in total. The van der Waals surface area contributed by atoms with E-state index >= 15 is 0 Å². The molecule has 0 amide bonds. The van der Waals surface area contributed by atoms with Crippen LogP contribution in [0, 0.1) is 0 Å². The highest BCUT2D eigenvalue weighted by Crippen LogP contribution is 2.78. The molecule has 1 aliphatic rings. The molecule has 0 bridgehead atoms. The van der Waals surface area contributed by atoms with E-state index in [1.807, 2.05) is 212 Å². The van der Waals surface area contributed by atoms with Crippen LogP contribution >= 0.6 is 23.0 Å². The normalized spacial score (nSPS) is 15.9. The predicted octanol–water partition coefficient (Wildman–Crippen LogP) is 17.8. The van der Waals surface area contributed by atoms with Crippen molar-refractivity contribution in [1.29, 1.82) is 0 Å². The second-order valence-electron chi connectivity index (χ2n) is 16.3. The summed E-state index contributed by atoms with van der Waals surface area (Å²) in [7, 11) is -12.7. The Morgan fingerprint density at radius 2 is 0.435 bits per heavy atom. The predicted molar refractivity (Wildman–Crippen MR) is 280 cm³/mol. The van der Waals surface area contributed by atoms with Gasteiger partial charge >= 0.3 is 23.0 Å². The molecule has 1 heterocycles. The molecule has 0 aliphatic carbocycles. The van der Waals surface area contributed by atoms with Gasteiger partial charge in [-0.1, -0.05) is 165 Å². The number of fused-ring (bicyclic) bond motifs is 5. The van der Waals surface area contributed by atoms with Gasteiger partial charge in [-0.15, -0.1) is 0 Å². The Bertz CT molecular complexity index is 3620. The smallest absolute Gasteiger partial charge is 0.460 e. The highest BCUT2D eigenvalue weighted by Gasteiger charge is 2.49. The SMILES string of the molecule is Oc1ccc(OP2(Oc3ccc4ccccc4c3)=NP(Oc3ccc4ccccc4c3)(Oc3ccc4ccccc4c3)=NP(Oc3ccc4ccccc4c3)(Oc3ccc4ccccc4c3)=N2)cc1. The van der Waals surface area contributed by atoms with Crippen LogP contribution in [0.25, 0.3) is 53.9 Å². The molecule has 11 aromatic rings. The van der Waals surface area contributed by atoms with E-state index in [2.05, 4.69) is 0 Å².